The van der Waals surface area contributed by atoms with Crippen LogP contribution in [0.25, 0.3) is 11.0 Å². The van der Waals surface area contributed by atoms with Crippen LogP contribution in [0.5, 0.6) is 0 Å². The van der Waals surface area contributed by atoms with Gasteiger partial charge >= 0.3 is 5.97 Å². The number of aryl methyl sites for hydroxylation is 1. The van der Waals surface area contributed by atoms with E-state index in [1.807, 2.05) is 31.2 Å². The Kier molecular flexibility index (Phi) is 3.16. The van der Waals surface area contributed by atoms with Crippen molar-refractivity contribution in [1.82, 2.24) is 0 Å². The maximum atomic E-state index is 13.0. The van der Waals surface area contributed by atoms with Gasteiger partial charge in [0.25, 0.3) is 5.91 Å². The van der Waals surface area contributed by atoms with Gasteiger partial charge in [0.1, 0.15) is 11.5 Å². The number of hydrogen-bond donors (Lipinski definition) is 1. The molecule has 24 heavy (non-hydrogen) atoms. The molecule has 0 spiro atoms. The van der Waals surface area contributed by atoms with Gasteiger partial charge in [0.15, 0.2) is 5.76 Å². The van der Waals surface area contributed by atoms with E-state index >= 15 is 0 Å². The van der Waals surface area contributed by atoms with Gasteiger partial charge < -0.3 is 14.4 Å². The van der Waals surface area contributed by atoms with Gasteiger partial charge in [-0.05, 0) is 24.6 Å². The number of aliphatic carboxylic acids is 1. The van der Waals surface area contributed by atoms with Gasteiger partial charge in [0.05, 0.1) is 0 Å². The van der Waals surface area contributed by atoms with Crippen molar-refractivity contribution in [2.45, 2.75) is 12.8 Å². The number of amides is 1. The molecular weight excluding hydrogens is 306 g/mol. The van der Waals surface area contributed by atoms with E-state index in [0.717, 1.165) is 10.9 Å². The van der Waals surface area contributed by atoms with Crippen molar-refractivity contribution >= 4 is 28.5 Å². The third-order valence-corrected chi connectivity index (χ3v) is 4.55. The van der Waals surface area contributed by atoms with Gasteiger partial charge in [-0.25, -0.2) is 0 Å². The van der Waals surface area contributed by atoms with Crippen LogP contribution in [0.1, 0.15) is 27.6 Å². The molecule has 3 aromatic rings. The molecule has 0 fully saturated rings. The summed E-state index contributed by atoms with van der Waals surface area (Å²) < 4.78 is 5.75. The molecule has 1 N–H and O–H groups in total. The largest absolute Gasteiger partial charge is 0.481 e. The summed E-state index contributed by atoms with van der Waals surface area (Å²) in [5.74, 6) is -1.69. The molecule has 1 aliphatic rings. The fourth-order valence-electron chi connectivity index (χ4n) is 3.31. The van der Waals surface area contributed by atoms with Crippen LogP contribution in [0.2, 0.25) is 0 Å². The van der Waals surface area contributed by atoms with E-state index in [1.165, 1.54) is 4.90 Å². The molecule has 0 aliphatic carbocycles. The third kappa shape index (κ3) is 2.01. The number of anilines is 1. The number of nitrogens with zero attached hydrogens (tertiary/aromatic N) is 1. The number of rotatable bonds is 2. The lowest BCUT2D eigenvalue weighted by Crippen LogP contribution is -2.31. The van der Waals surface area contributed by atoms with Crippen molar-refractivity contribution in [2.24, 2.45) is 0 Å². The maximum Gasteiger partial charge on any atom is 0.312 e. The molecule has 1 amide bonds. The van der Waals surface area contributed by atoms with Gasteiger partial charge in [-0.3, -0.25) is 9.59 Å². The van der Waals surface area contributed by atoms with Crippen LogP contribution in [0.3, 0.4) is 0 Å². The topological polar surface area (TPSA) is 70.8 Å². The molecular formula is C19H15NO4. The highest BCUT2D eigenvalue weighted by atomic mass is 16.4. The Bertz CT molecular complexity index is 972. The molecule has 2 heterocycles. The SMILES string of the molecule is Cc1c(C(=O)N2C[C@@H](C(=O)O)c3ccccc32)oc2ccccc12. The number of benzene rings is 2. The molecule has 120 valence electrons. The Morgan fingerprint density at radius 1 is 1.12 bits per heavy atom. The lowest BCUT2D eigenvalue weighted by molar-refractivity contribution is -0.138. The van der Waals surface area contributed by atoms with Crippen molar-refractivity contribution in [3.8, 4) is 0 Å². The van der Waals surface area contributed by atoms with E-state index in [-0.39, 0.29) is 18.2 Å². The number of para-hydroxylation sites is 2. The van der Waals surface area contributed by atoms with E-state index in [1.54, 1.807) is 24.3 Å². The lowest BCUT2D eigenvalue weighted by Gasteiger charge is -2.16. The minimum absolute atomic E-state index is 0.115. The highest BCUT2D eigenvalue weighted by Gasteiger charge is 2.38. The number of carboxylic acids is 1. The predicted molar refractivity (Wildman–Crippen MR) is 89.4 cm³/mol. The summed E-state index contributed by atoms with van der Waals surface area (Å²) >= 11 is 0. The fourth-order valence-corrected chi connectivity index (χ4v) is 3.31. The van der Waals surface area contributed by atoms with Crippen LogP contribution in [-0.2, 0) is 4.79 Å². The van der Waals surface area contributed by atoms with Gasteiger partial charge in [-0.15, -0.1) is 0 Å². The normalized spacial score (nSPS) is 16.4. The average molecular weight is 321 g/mol. The van der Waals surface area contributed by atoms with Crippen molar-refractivity contribution in [3.05, 3.63) is 65.4 Å². The second kappa shape index (κ2) is 5.23. The van der Waals surface area contributed by atoms with E-state index in [0.29, 0.717) is 16.8 Å². The molecule has 1 atom stereocenters. The Morgan fingerprint density at radius 2 is 1.83 bits per heavy atom. The molecule has 5 nitrogen and oxygen atoms in total. The average Bonchev–Trinajstić information content (AvgIpc) is 3.14. The fraction of sp³-hybridized carbons (Fsp3) is 0.158. The number of hydrogen-bond acceptors (Lipinski definition) is 3. The van der Waals surface area contributed by atoms with E-state index in [4.69, 9.17) is 4.42 Å². The van der Waals surface area contributed by atoms with Gasteiger partial charge in [0.2, 0.25) is 0 Å². The number of fused-ring (bicyclic) bond motifs is 2. The number of furan rings is 1. The first-order valence-electron chi connectivity index (χ1n) is 7.69. The number of carbonyl (C=O) groups is 2. The van der Waals surface area contributed by atoms with E-state index in [9.17, 15) is 14.7 Å². The minimum Gasteiger partial charge on any atom is -0.481 e. The summed E-state index contributed by atoms with van der Waals surface area (Å²) in [7, 11) is 0. The summed E-state index contributed by atoms with van der Waals surface area (Å²) in [5, 5.41) is 10.3. The zero-order chi connectivity index (χ0) is 16.8. The smallest absolute Gasteiger partial charge is 0.312 e. The van der Waals surface area contributed by atoms with Crippen LogP contribution in [0.15, 0.2) is 52.9 Å². The summed E-state index contributed by atoms with van der Waals surface area (Å²) in [6.45, 7) is 1.96. The van der Waals surface area contributed by atoms with Crippen LogP contribution in [-0.4, -0.2) is 23.5 Å². The molecule has 0 bridgehead atoms. The zero-order valence-electron chi connectivity index (χ0n) is 13.0. The first kappa shape index (κ1) is 14.5. The standard InChI is InChI=1S/C19H15NO4/c1-11-12-6-3-5-9-16(12)24-17(11)18(21)20-10-14(19(22)23)13-7-2-4-8-15(13)20/h2-9,14H,10H2,1H3,(H,22,23)/t14-/m1/s1. The second-order valence-corrected chi connectivity index (χ2v) is 5.92. The molecule has 0 radical (unpaired) electrons. The molecule has 0 saturated heterocycles. The quantitative estimate of drug-likeness (QED) is 0.783. The summed E-state index contributed by atoms with van der Waals surface area (Å²) in [5.41, 5.74) is 2.72. The van der Waals surface area contributed by atoms with E-state index < -0.39 is 11.9 Å². The van der Waals surface area contributed by atoms with Crippen LogP contribution < -0.4 is 4.90 Å². The third-order valence-electron chi connectivity index (χ3n) is 4.55. The van der Waals surface area contributed by atoms with E-state index in [2.05, 4.69) is 0 Å². The highest BCUT2D eigenvalue weighted by Crippen LogP contribution is 2.38. The zero-order valence-corrected chi connectivity index (χ0v) is 13.0. The Balaban J connectivity index is 1.80. The summed E-state index contributed by atoms with van der Waals surface area (Å²) in [6.07, 6.45) is 0. The summed E-state index contributed by atoms with van der Waals surface area (Å²) in [6, 6.07) is 14.6. The summed E-state index contributed by atoms with van der Waals surface area (Å²) in [4.78, 5) is 26.0. The van der Waals surface area contributed by atoms with Gasteiger partial charge in [0, 0.05) is 23.2 Å². The highest BCUT2D eigenvalue weighted by molar-refractivity contribution is 6.10. The lowest BCUT2D eigenvalue weighted by atomic mass is 10.0. The number of carbonyl (C=O) groups excluding carboxylic acids is 1. The molecule has 0 saturated carbocycles. The molecule has 1 aromatic heterocycles. The predicted octanol–water partition coefficient (Wildman–Crippen LogP) is 3.57. The Hall–Kier alpha value is -3.08. The van der Waals surface area contributed by atoms with Gasteiger partial charge in [-0.2, -0.15) is 0 Å². The van der Waals surface area contributed by atoms with Crippen molar-refractivity contribution in [3.63, 3.8) is 0 Å². The first-order chi connectivity index (χ1) is 11.6. The molecule has 1 aliphatic heterocycles. The first-order valence-corrected chi connectivity index (χ1v) is 7.69. The van der Waals surface area contributed by atoms with Gasteiger partial charge in [-0.1, -0.05) is 36.4 Å². The molecule has 5 heteroatoms. The maximum absolute atomic E-state index is 13.0. The van der Waals surface area contributed by atoms with Crippen LogP contribution in [0.4, 0.5) is 5.69 Å². The minimum atomic E-state index is -0.931. The van der Waals surface area contributed by atoms with Crippen molar-refractivity contribution in [2.75, 3.05) is 11.4 Å². The number of carboxylic acid groups (broad SMARTS) is 1. The molecule has 2 aromatic carbocycles. The monoisotopic (exact) mass is 321 g/mol. The molecule has 4 rings (SSSR count). The van der Waals surface area contributed by atoms with Crippen LogP contribution in [0, 0.1) is 6.92 Å². The Morgan fingerprint density at radius 3 is 2.58 bits per heavy atom. The van der Waals surface area contributed by atoms with Crippen LogP contribution >= 0.6 is 0 Å². The van der Waals surface area contributed by atoms with Crippen molar-refractivity contribution in [1.29, 1.82) is 0 Å². The Labute approximate surface area is 138 Å². The second-order valence-electron chi connectivity index (χ2n) is 5.92. The van der Waals surface area contributed by atoms with Crippen molar-refractivity contribution < 1.29 is 19.1 Å². The molecule has 0 unspecified atom stereocenters.